The third kappa shape index (κ3) is 3.64. The van der Waals surface area contributed by atoms with Gasteiger partial charge in [0.05, 0.1) is 6.20 Å². The monoisotopic (exact) mass is 353 g/mol. The van der Waals surface area contributed by atoms with E-state index in [1.165, 1.54) is 12.3 Å². The molecule has 8 heteroatoms. The highest BCUT2D eigenvalue weighted by atomic mass is 19.1. The lowest BCUT2D eigenvalue weighted by molar-refractivity contribution is 0.174. The zero-order chi connectivity index (χ0) is 17.8. The van der Waals surface area contributed by atoms with Crippen LogP contribution in [0.1, 0.15) is 5.56 Å². The highest BCUT2D eigenvalue weighted by Crippen LogP contribution is 2.34. The third-order valence-electron chi connectivity index (χ3n) is 3.85. The number of aromatic nitrogens is 3. The summed E-state index contributed by atoms with van der Waals surface area (Å²) in [5, 5.41) is 14.1. The van der Waals surface area contributed by atoms with E-state index in [0.29, 0.717) is 41.8 Å². The summed E-state index contributed by atoms with van der Waals surface area (Å²) in [6.07, 6.45) is 2.06. The highest BCUT2D eigenvalue weighted by Gasteiger charge is 2.13. The smallest absolute Gasteiger partial charge is 0.249 e. The van der Waals surface area contributed by atoms with Gasteiger partial charge >= 0.3 is 0 Å². The number of hydrogen-bond acceptors (Lipinski definition) is 7. The van der Waals surface area contributed by atoms with Crippen molar-refractivity contribution in [2.45, 2.75) is 6.42 Å². The number of ether oxygens (including phenoxy) is 2. The minimum atomic E-state index is -0.208. The second-order valence-electron chi connectivity index (χ2n) is 5.63. The fourth-order valence-electron chi connectivity index (χ4n) is 2.57. The first-order chi connectivity index (χ1) is 12.8. The molecule has 26 heavy (non-hydrogen) atoms. The number of hydrogen-bond donors (Lipinski definition) is 2. The Labute approximate surface area is 149 Å². The summed E-state index contributed by atoms with van der Waals surface area (Å²) >= 11 is 0. The van der Waals surface area contributed by atoms with E-state index >= 15 is 0 Å². The Morgan fingerprint density at radius 3 is 2.88 bits per heavy atom. The maximum absolute atomic E-state index is 13.6. The molecule has 0 atom stereocenters. The number of fused-ring (bicyclic) bond motifs is 1. The molecule has 0 fully saturated rings. The molecular formula is C18H16FN5O2. The van der Waals surface area contributed by atoms with Crippen LogP contribution in [0.25, 0.3) is 0 Å². The summed E-state index contributed by atoms with van der Waals surface area (Å²) in [6, 6.07) is 12.2. The maximum atomic E-state index is 13.6. The van der Waals surface area contributed by atoms with Gasteiger partial charge in [0, 0.05) is 18.3 Å². The molecule has 7 nitrogen and oxygen atoms in total. The number of nitrogens with one attached hydrogen (secondary N) is 2. The predicted molar refractivity (Wildman–Crippen MR) is 94.3 cm³/mol. The number of nitrogens with zero attached hydrogens (tertiary/aromatic N) is 3. The van der Waals surface area contributed by atoms with Crippen molar-refractivity contribution in [3.05, 3.63) is 60.0 Å². The molecule has 2 aromatic carbocycles. The molecule has 2 N–H and O–H groups in total. The molecular weight excluding hydrogens is 337 g/mol. The summed E-state index contributed by atoms with van der Waals surface area (Å²) < 4.78 is 24.2. The van der Waals surface area contributed by atoms with Crippen LogP contribution in [-0.2, 0) is 6.42 Å². The van der Waals surface area contributed by atoms with Crippen molar-refractivity contribution in [2.75, 3.05) is 24.0 Å². The van der Waals surface area contributed by atoms with Gasteiger partial charge in [-0.15, -0.1) is 5.10 Å². The second-order valence-corrected chi connectivity index (χ2v) is 5.63. The molecule has 0 amide bonds. The van der Waals surface area contributed by atoms with E-state index < -0.39 is 0 Å². The number of halogens is 1. The Morgan fingerprint density at radius 1 is 1.08 bits per heavy atom. The van der Waals surface area contributed by atoms with Gasteiger partial charge in [-0.2, -0.15) is 10.1 Å². The van der Waals surface area contributed by atoms with Crippen LogP contribution < -0.4 is 20.1 Å². The normalized spacial score (nSPS) is 12.0. The fraction of sp³-hybridized carbons (Fsp3) is 0.167. The topological polar surface area (TPSA) is 81.2 Å². The van der Waals surface area contributed by atoms with E-state index in [4.69, 9.17) is 9.47 Å². The first-order valence-corrected chi connectivity index (χ1v) is 8.11. The fourth-order valence-corrected chi connectivity index (χ4v) is 2.57. The standard InChI is InChI=1S/C18H16FN5O2/c19-14-4-2-1-3-12(14)7-8-20-17-10-21-24-18(23-17)22-13-5-6-15-16(9-13)26-11-25-15/h1-6,9-10H,7-8,11H2,(H2,20,22,23,24). The zero-order valence-electron chi connectivity index (χ0n) is 13.8. The molecule has 0 unspecified atom stereocenters. The molecule has 1 aliphatic heterocycles. The van der Waals surface area contributed by atoms with Gasteiger partial charge in [-0.25, -0.2) is 4.39 Å². The van der Waals surface area contributed by atoms with E-state index in [1.807, 2.05) is 24.3 Å². The van der Waals surface area contributed by atoms with Gasteiger partial charge in [-0.05, 0) is 30.2 Å². The predicted octanol–water partition coefficient (Wildman–Crippen LogP) is 3.14. The van der Waals surface area contributed by atoms with Gasteiger partial charge in [0.1, 0.15) is 5.82 Å². The first-order valence-electron chi connectivity index (χ1n) is 8.11. The van der Waals surface area contributed by atoms with Crippen molar-refractivity contribution in [3.63, 3.8) is 0 Å². The van der Waals surface area contributed by atoms with Crippen molar-refractivity contribution < 1.29 is 13.9 Å². The van der Waals surface area contributed by atoms with Crippen LogP contribution in [0, 0.1) is 5.82 Å². The Kier molecular flexibility index (Phi) is 4.46. The molecule has 132 valence electrons. The minimum absolute atomic E-state index is 0.208. The number of rotatable bonds is 6. The van der Waals surface area contributed by atoms with E-state index in [0.717, 1.165) is 5.69 Å². The summed E-state index contributed by atoms with van der Waals surface area (Å²) in [5.74, 6) is 2.07. The molecule has 4 rings (SSSR count). The molecule has 0 aliphatic carbocycles. The van der Waals surface area contributed by atoms with Crippen LogP contribution in [0.4, 0.5) is 21.8 Å². The third-order valence-corrected chi connectivity index (χ3v) is 3.85. The van der Waals surface area contributed by atoms with Crippen molar-refractivity contribution in [2.24, 2.45) is 0 Å². The van der Waals surface area contributed by atoms with Crippen LogP contribution >= 0.6 is 0 Å². The van der Waals surface area contributed by atoms with E-state index in [9.17, 15) is 4.39 Å². The van der Waals surface area contributed by atoms with Crippen molar-refractivity contribution >= 4 is 17.5 Å². The SMILES string of the molecule is Fc1ccccc1CCNc1cnnc(Nc2ccc3c(c2)OCO3)n1. The largest absolute Gasteiger partial charge is 0.454 e. The van der Waals surface area contributed by atoms with Crippen LogP contribution in [0.15, 0.2) is 48.7 Å². The van der Waals surface area contributed by atoms with Gasteiger partial charge in [0.25, 0.3) is 0 Å². The molecule has 2 heterocycles. The zero-order valence-corrected chi connectivity index (χ0v) is 13.8. The molecule has 0 bridgehead atoms. The lowest BCUT2D eigenvalue weighted by Gasteiger charge is -2.08. The molecule has 0 saturated carbocycles. The van der Waals surface area contributed by atoms with E-state index in [1.54, 1.807) is 12.1 Å². The molecule has 1 aromatic heterocycles. The quantitative estimate of drug-likeness (QED) is 0.704. The van der Waals surface area contributed by atoms with Gasteiger partial charge in [-0.1, -0.05) is 18.2 Å². The first kappa shape index (κ1) is 16.1. The Hall–Kier alpha value is -3.42. The Balaban J connectivity index is 1.38. The van der Waals surface area contributed by atoms with E-state index in [-0.39, 0.29) is 12.6 Å². The van der Waals surface area contributed by atoms with Gasteiger partial charge < -0.3 is 20.1 Å². The van der Waals surface area contributed by atoms with Gasteiger partial charge in [0.15, 0.2) is 17.3 Å². The van der Waals surface area contributed by atoms with Crippen LogP contribution in [-0.4, -0.2) is 28.5 Å². The summed E-state index contributed by atoms with van der Waals surface area (Å²) in [7, 11) is 0. The van der Waals surface area contributed by atoms with Crippen LogP contribution in [0.5, 0.6) is 11.5 Å². The lowest BCUT2D eigenvalue weighted by Crippen LogP contribution is -2.09. The highest BCUT2D eigenvalue weighted by molar-refractivity contribution is 5.60. The molecule has 0 spiro atoms. The van der Waals surface area contributed by atoms with E-state index in [2.05, 4.69) is 25.8 Å². The lowest BCUT2D eigenvalue weighted by atomic mass is 10.1. The van der Waals surface area contributed by atoms with Crippen LogP contribution in [0.2, 0.25) is 0 Å². The molecule has 0 saturated heterocycles. The number of anilines is 3. The minimum Gasteiger partial charge on any atom is -0.454 e. The van der Waals surface area contributed by atoms with Crippen LogP contribution in [0.3, 0.4) is 0 Å². The number of benzene rings is 2. The summed E-state index contributed by atoms with van der Waals surface area (Å²) in [6.45, 7) is 0.751. The van der Waals surface area contributed by atoms with Gasteiger partial charge in [0.2, 0.25) is 12.7 Å². The average Bonchev–Trinajstić information content (AvgIpc) is 3.11. The molecule has 0 radical (unpaired) electrons. The summed E-state index contributed by atoms with van der Waals surface area (Å²) in [5.41, 5.74) is 1.42. The van der Waals surface area contributed by atoms with Crippen molar-refractivity contribution in [3.8, 4) is 11.5 Å². The van der Waals surface area contributed by atoms with Crippen molar-refractivity contribution in [1.29, 1.82) is 0 Å². The second kappa shape index (κ2) is 7.22. The maximum Gasteiger partial charge on any atom is 0.249 e. The Morgan fingerprint density at radius 2 is 1.96 bits per heavy atom. The summed E-state index contributed by atoms with van der Waals surface area (Å²) in [4.78, 5) is 4.35. The average molecular weight is 353 g/mol. The van der Waals surface area contributed by atoms with Crippen molar-refractivity contribution in [1.82, 2.24) is 15.2 Å². The van der Waals surface area contributed by atoms with Gasteiger partial charge in [-0.3, -0.25) is 0 Å². The Bertz CT molecular complexity index is 922. The molecule has 3 aromatic rings. The molecule has 1 aliphatic rings.